The molecule has 1 aliphatic carbocycles. The third-order valence-corrected chi connectivity index (χ3v) is 5.57. The Hall–Kier alpha value is -0.710. The molecule has 2 unspecified atom stereocenters. The largest absolute Gasteiger partial charge is 0.368 e. The second-order valence-electron chi connectivity index (χ2n) is 4.96. The Morgan fingerprint density at radius 1 is 1.58 bits per heavy atom. The van der Waals surface area contributed by atoms with Gasteiger partial charge in [0.2, 0.25) is 5.91 Å². The minimum Gasteiger partial charge on any atom is -0.368 e. The molecule has 0 aliphatic heterocycles. The molecule has 0 heterocycles. The number of carbonyl (C=O) groups excluding carboxylic acids is 1. The fourth-order valence-electron chi connectivity index (χ4n) is 2.54. The van der Waals surface area contributed by atoms with Crippen LogP contribution in [-0.2, 0) is 10.5 Å². The summed E-state index contributed by atoms with van der Waals surface area (Å²) >= 11 is 8.00. The van der Waals surface area contributed by atoms with Crippen molar-refractivity contribution in [3.8, 4) is 0 Å². The van der Waals surface area contributed by atoms with Crippen molar-refractivity contribution in [1.29, 1.82) is 0 Å². The predicted molar refractivity (Wildman–Crippen MR) is 81.4 cm³/mol. The highest BCUT2D eigenvalue weighted by Gasteiger charge is 2.42. The smallest absolute Gasteiger partial charge is 0.237 e. The van der Waals surface area contributed by atoms with Crippen LogP contribution in [-0.4, -0.2) is 23.7 Å². The van der Waals surface area contributed by atoms with Gasteiger partial charge in [0.15, 0.2) is 0 Å². The molecule has 1 aromatic carbocycles. The molecule has 0 aromatic heterocycles. The van der Waals surface area contributed by atoms with Crippen molar-refractivity contribution < 1.29 is 4.79 Å². The van der Waals surface area contributed by atoms with Gasteiger partial charge in [0.05, 0.1) is 5.54 Å². The van der Waals surface area contributed by atoms with E-state index < -0.39 is 5.54 Å². The first-order chi connectivity index (χ1) is 9.07. The highest BCUT2D eigenvalue weighted by Crippen LogP contribution is 2.38. The third-order valence-electron chi connectivity index (χ3n) is 3.85. The van der Waals surface area contributed by atoms with Gasteiger partial charge in [-0.3, -0.25) is 4.79 Å². The molecule has 1 amide bonds. The van der Waals surface area contributed by atoms with Crippen LogP contribution in [0.2, 0.25) is 5.02 Å². The van der Waals surface area contributed by atoms with E-state index in [9.17, 15) is 4.79 Å². The minimum atomic E-state index is -0.516. The van der Waals surface area contributed by atoms with Gasteiger partial charge in [-0.1, -0.05) is 29.8 Å². The van der Waals surface area contributed by atoms with Crippen LogP contribution < -0.4 is 11.1 Å². The van der Waals surface area contributed by atoms with E-state index >= 15 is 0 Å². The zero-order valence-electron chi connectivity index (χ0n) is 11.0. The van der Waals surface area contributed by atoms with Crippen molar-refractivity contribution in [3.05, 3.63) is 34.9 Å². The monoisotopic (exact) mass is 298 g/mol. The van der Waals surface area contributed by atoms with Crippen LogP contribution >= 0.6 is 23.4 Å². The summed E-state index contributed by atoms with van der Waals surface area (Å²) in [4.78, 5) is 11.6. The molecule has 0 bridgehead atoms. The van der Waals surface area contributed by atoms with Gasteiger partial charge in [0.1, 0.15) is 0 Å². The number of carbonyl (C=O) groups is 1. The quantitative estimate of drug-likeness (QED) is 0.878. The van der Waals surface area contributed by atoms with Gasteiger partial charge in [-0.2, -0.15) is 11.8 Å². The van der Waals surface area contributed by atoms with Crippen LogP contribution in [0.25, 0.3) is 0 Å². The van der Waals surface area contributed by atoms with Crippen LogP contribution in [0.3, 0.4) is 0 Å². The van der Waals surface area contributed by atoms with E-state index in [1.165, 1.54) is 0 Å². The topological polar surface area (TPSA) is 55.1 Å². The molecule has 0 radical (unpaired) electrons. The highest BCUT2D eigenvalue weighted by molar-refractivity contribution is 7.99. The molecule has 19 heavy (non-hydrogen) atoms. The van der Waals surface area contributed by atoms with Gasteiger partial charge < -0.3 is 11.1 Å². The van der Waals surface area contributed by atoms with Crippen LogP contribution in [0.1, 0.15) is 24.8 Å². The van der Waals surface area contributed by atoms with Crippen LogP contribution in [0.15, 0.2) is 24.3 Å². The normalized spacial score (nSPS) is 26.5. The van der Waals surface area contributed by atoms with E-state index in [-0.39, 0.29) is 5.91 Å². The zero-order chi connectivity index (χ0) is 13.9. The summed E-state index contributed by atoms with van der Waals surface area (Å²) in [5.74, 6) is 0.638. The molecule has 1 aliphatic rings. The second kappa shape index (κ2) is 6.16. The molecule has 3 nitrogen and oxygen atoms in total. The molecule has 2 rings (SSSR count). The maximum atomic E-state index is 11.6. The third kappa shape index (κ3) is 3.25. The number of primary amides is 1. The van der Waals surface area contributed by atoms with Crippen molar-refractivity contribution in [2.24, 2.45) is 5.73 Å². The van der Waals surface area contributed by atoms with Gasteiger partial charge in [0.25, 0.3) is 0 Å². The fraction of sp³-hybridized carbons (Fsp3) is 0.500. The lowest BCUT2D eigenvalue weighted by atomic mass is 9.97. The Balaban J connectivity index is 1.93. The highest BCUT2D eigenvalue weighted by atomic mass is 35.5. The summed E-state index contributed by atoms with van der Waals surface area (Å²) in [5, 5.41) is 4.37. The van der Waals surface area contributed by atoms with Crippen molar-refractivity contribution in [3.63, 3.8) is 0 Å². The van der Waals surface area contributed by atoms with Gasteiger partial charge in [-0.25, -0.2) is 0 Å². The molecule has 104 valence electrons. The molecule has 1 aromatic rings. The standard InChI is InChI=1S/C14H19ClN2OS/c1-17-14(13(16)18)7-6-11(8-14)19-9-10-4-2-3-5-12(10)15/h2-5,11,17H,6-9H2,1H3,(H2,16,18). The number of hydrogen-bond acceptors (Lipinski definition) is 3. The first kappa shape index (κ1) is 14.7. The number of benzene rings is 1. The zero-order valence-corrected chi connectivity index (χ0v) is 12.6. The van der Waals surface area contributed by atoms with E-state index in [2.05, 4.69) is 5.32 Å². The lowest BCUT2D eigenvalue weighted by molar-refractivity contribution is -0.124. The van der Waals surface area contributed by atoms with E-state index in [4.69, 9.17) is 17.3 Å². The van der Waals surface area contributed by atoms with Crippen LogP contribution in [0.4, 0.5) is 0 Å². The summed E-state index contributed by atoms with van der Waals surface area (Å²) < 4.78 is 0. The minimum absolute atomic E-state index is 0.240. The summed E-state index contributed by atoms with van der Waals surface area (Å²) in [6.45, 7) is 0. The average molecular weight is 299 g/mol. The molecule has 2 atom stereocenters. The fourth-order valence-corrected chi connectivity index (χ4v) is 4.18. The van der Waals surface area contributed by atoms with E-state index in [0.29, 0.717) is 5.25 Å². The Morgan fingerprint density at radius 2 is 2.32 bits per heavy atom. The first-order valence-electron chi connectivity index (χ1n) is 6.41. The molecule has 0 spiro atoms. The molecule has 1 saturated carbocycles. The number of thioether (sulfide) groups is 1. The lowest BCUT2D eigenvalue weighted by Crippen LogP contribution is -2.52. The summed E-state index contributed by atoms with van der Waals surface area (Å²) in [6.07, 6.45) is 2.63. The Bertz CT molecular complexity index is 469. The SMILES string of the molecule is CNC1(C(N)=O)CCC(SCc2ccccc2Cl)C1. The Kier molecular flexibility index (Phi) is 4.76. The number of nitrogens with two attached hydrogens (primary N) is 1. The van der Waals surface area contributed by atoms with Crippen molar-refractivity contribution >= 4 is 29.3 Å². The van der Waals surface area contributed by atoms with E-state index in [1.54, 1.807) is 0 Å². The number of hydrogen-bond donors (Lipinski definition) is 2. The first-order valence-corrected chi connectivity index (χ1v) is 7.84. The lowest BCUT2D eigenvalue weighted by Gasteiger charge is -2.24. The molecule has 5 heteroatoms. The van der Waals surface area contributed by atoms with Crippen LogP contribution in [0, 0.1) is 0 Å². The van der Waals surface area contributed by atoms with Crippen molar-refractivity contribution in [2.45, 2.75) is 35.8 Å². The number of rotatable bonds is 5. The van der Waals surface area contributed by atoms with Gasteiger partial charge >= 0.3 is 0 Å². The van der Waals surface area contributed by atoms with Gasteiger partial charge in [0, 0.05) is 16.0 Å². The molecular formula is C14H19ClN2OS. The van der Waals surface area contributed by atoms with Gasteiger partial charge in [-0.05, 0) is 37.9 Å². The van der Waals surface area contributed by atoms with Crippen LogP contribution in [0.5, 0.6) is 0 Å². The number of likely N-dealkylation sites (N-methyl/N-ethyl adjacent to an activating group) is 1. The molecular weight excluding hydrogens is 280 g/mol. The predicted octanol–water partition coefficient (Wildman–Crippen LogP) is 2.57. The maximum absolute atomic E-state index is 11.6. The van der Waals surface area contributed by atoms with Gasteiger partial charge in [-0.15, -0.1) is 0 Å². The second-order valence-corrected chi connectivity index (χ2v) is 6.66. The molecule has 3 N–H and O–H groups in total. The van der Waals surface area contributed by atoms with E-state index in [1.807, 2.05) is 43.1 Å². The number of amides is 1. The van der Waals surface area contributed by atoms with Crippen molar-refractivity contribution in [2.75, 3.05) is 7.05 Å². The number of halogens is 1. The molecule has 1 fully saturated rings. The van der Waals surface area contributed by atoms with E-state index in [0.717, 1.165) is 35.6 Å². The molecule has 0 saturated heterocycles. The van der Waals surface area contributed by atoms with Crippen molar-refractivity contribution in [1.82, 2.24) is 5.32 Å². The Labute approximate surface area is 123 Å². The number of nitrogens with one attached hydrogen (secondary N) is 1. The average Bonchev–Trinajstić information content (AvgIpc) is 2.83. The summed E-state index contributed by atoms with van der Waals surface area (Å²) in [5.41, 5.74) is 6.14. The summed E-state index contributed by atoms with van der Waals surface area (Å²) in [6, 6.07) is 7.89. The maximum Gasteiger partial charge on any atom is 0.237 e. The summed E-state index contributed by atoms with van der Waals surface area (Å²) in [7, 11) is 1.81. The Morgan fingerprint density at radius 3 is 2.89 bits per heavy atom.